The molecule has 0 atom stereocenters. The third kappa shape index (κ3) is 1.86. The van der Waals surface area contributed by atoms with Crippen molar-refractivity contribution in [2.24, 2.45) is 0 Å². The fourth-order valence-electron chi connectivity index (χ4n) is 2.12. The first-order chi connectivity index (χ1) is 8.19. The lowest BCUT2D eigenvalue weighted by Gasteiger charge is -2.00. The smallest absolute Gasteiger partial charge is 0.267 e. The third-order valence-electron chi connectivity index (χ3n) is 3.23. The monoisotopic (exact) mass is 292 g/mol. The lowest BCUT2D eigenvalue weighted by molar-refractivity contribution is 0.0959. The molecule has 1 fully saturated rings. The van der Waals surface area contributed by atoms with Crippen LogP contribution < -0.4 is 5.32 Å². The van der Waals surface area contributed by atoms with E-state index in [1.54, 1.807) is 7.05 Å². The van der Waals surface area contributed by atoms with Crippen LogP contribution in [0.5, 0.6) is 0 Å². The van der Waals surface area contributed by atoms with E-state index in [9.17, 15) is 4.79 Å². The zero-order valence-electron chi connectivity index (χ0n) is 9.51. The van der Waals surface area contributed by atoms with Crippen molar-refractivity contribution in [2.75, 3.05) is 7.05 Å². The van der Waals surface area contributed by atoms with Gasteiger partial charge in [0, 0.05) is 22.4 Å². The van der Waals surface area contributed by atoms with Crippen LogP contribution in [-0.2, 0) is 0 Å². The number of hydrogen-bond donors (Lipinski definition) is 2. The summed E-state index contributed by atoms with van der Waals surface area (Å²) in [4.78, 5) is 14.7. The minimum Gasteiger partial charge on any atom is -0.354 e. The molecule has 1 heterocycles. The highest BCUT2D eigenvalue weighted by molar-refractivity contribution is 9.10. The zero-order valence-corrected chi connectivity index (χ0v) is 11.1. The molecule has 1 aliphatic rings. The summed E-state index contributed by atoms with van der Waals surface area (Å²) in [7, 11) is 1.64. The summed E-state index contributed by atoms with van der Waals surface area (Å²) in [6, 6.07) is 6.21. The molecule has 1 aromatic carbocycles. The molecule has 3 rings (SSSR count). The summed E-state index contributed by atoms with van der Waals surface area (Å²) in [6.45, 7) is 0. The molecule has 0 spiro atoms. The van der Waals surface area contributed by atoms with Crippen molar-refractivity contribution in [3.63, 3.8) is 0 Å². The van der Waals surface area contributed by atoms with Crippen molar-refractivity contribution < 1.29 is 4.79 Å². The Hall–Kier alpha value is -1.29. The Bertz CT molecular complexity index is 599. The number of carbonyl (C=O) groups is 1. The summed E-state index contributed by atoms with van der Waals surface area (Å²) < 4.78 is 1.06. The van der Waals surface area contributed by atoms with Gasteiger partial charge in [-0.15, -0.1) is 0 Å². The van der Waals surface area contributed by atoms with E-state index < -0.39 is 0 Å². The van der Waals surface area contributed by atoms with Gasteiger partial charge >= 0.3 is 0 Å². The number of carbonyl (C=O) groups excluding carboxylic acids is 1. The Balaban J connectivity index is 2.14. The topological polar surface area (TPSA) is 44.9 Å². The van der Waals surface area contributed by atoms with E-state index in [0.717, 1.165) is 15.4 Å². The van der Waals surface area contributed by atoms with E-state index in [1.165, 1.54) is 18.4 Å². The number of halogens is 1. The van der Waals surface area contributed by atoms with Gasteiger partial charge in [0.2, 0.25) is 0 Å². The number of nitrogens with one attached hydrogen (secondary N) is 2. The minimum atomic E-state index is -0.0823. The van der Waals surface area contributed by atoms with Gasteiger partial charge in [-0.2, -0.15) is 0 Å². The SMILES string of the molecule is CNC(=O)c1cc2c(Br)cc(C3CC3)cc2[nH]1. The van der Waals surface area contributed by atoms with Crippen molar-refractivity contribution in [3.05, 3.63) is 33.9 Å². The average Bonchev–Trinajstić information content (AvgIpc) is 3.08. The summed E-state index contributed by atoms with van der Waals surface area (Å²) >= 11 is 3.58. The Morgan fingerprint density at radius 1 is 1.41 bits per heavy atom. The highest BCUT2D eigenvalue weighted by Gasteiger charge is 2.24. The maximum atomic E-state index is 11.6. The Kier molecular flexibility index (Phi) is 2.47. The minimum absolute atomic E-state index is 0.0823. The summed E-state index contributed by atoms with van der Waals surface area (Å²) in [5.41, 5.74) is 2.99. The van der Waals surface area contributed by atoms with E-state index >= 15 is 0 Å². The van der Waals surface area contributed by atoms with Crippen LogP contribution >= 0.6 is 15.9 Å². The Labute approximate surface area is 108 Å². The quantitative estimate of drug-likeness (QED) is 0.877. The molecular formula is C13H13BrN2O. The van der Waals surface area contributed by atoms with Crippen molar-refractivity contribution in [1.82, 2.24) is 10.3 Å². The molecule has 2 aromatic rings. The fraction of sp³-hybridized carbons (Fsp3) is 0.308. The van der Waals surface area contributed by atoms with Crippen LogP contribution in [0.1, 0.15) is 34.8 Å². The fourth-order valence-corrected chi connectivity index (χ4v) is 2.72. The van der Waals surface area contributed by atoms with Gasteiger partial charge in [0.15, 0.2) is 0 Å². The third-order valence-corrected chi connectivity index (χ3v) is 3.89. The van der Waals surface area contributed by atoms with Crippen LogP contribution in [0.3, 0.4) is 0 Å². The molecule has 1 aromatic heterocycles. The number of fused-ring (bicyclic) bond motifs is 1. The number of rotatable bonds is 2. The Morgan fingerprint density at radius 3 is 2.82 bits per heavy atom. The molecule has 1 saturated carbocycles. The summed E-state index contributed by atoms with van der Waals surface area (Å²) in [6.07, 6.45) is 2.56. The number of H-pyrrole nitrogens is 1. The van der Waals surface area contributed by atoms with Crippen LogP contribution in [0.4, 0.5) is 0 Å². The molecule has 3 nitrogen and oxygen atoms in total. The molecule has 0 aliphatic heterocycles. The van der Waals surface area contributed by atoms with Crippen LogP contribution in [0.25, 0.3) is 10.9 Å². The molecule has 2 N–H and O–H groups in total. The van der Waals surface area contributed by atoms with Gasteiger partial charge in [-0.25, -0.2) is 0 Å². The first-order valence-electron chi connectivity index (χ1n) is 5.73. The highest BCUT2D eigenvalue weighted by Crippen LogP contribution is 2.42. The average molecular weight is 293 g/mol. The maximum Gasteiger partial charge on any atom is 0.267 e. The number of benzene rings is 1. The second kappa shape index (κ2) is 3.88. The van der Waals surface area contributed by atoms with Gasteiger partial charge in [0.05, 0.1) is 0 Å². The van der Waals surface area contributed by atoms with Crippen molar-refractivity contribution in [1.29, 1.82) is 0 Å². The summed E-state index contributed by atoms with van der Waals surface area (Å²) in [5.74, 6) is 0.628. The van der Waals surface area contributed by atoms with E-state index in [-0.39, 0.29) is 5.91 Å². The van der Waals surface area contributed by atoms with Gasteiger partial charge in [0.1, 0.15) is 5.69 Å². The number of amides is 1. The predicted octanol–water partition coefficient (Wildman–Crippen LogP) is 3.17. The molecule has 0 bridgehead atoms. The number of aromatic amines is 1. The second-order valence-corrected chi connectivity index (χ2v) is 5.35. The second-order valence-electron chi connectivity index (χ2n) is 4.50. The summed E-state index contributed by atoms with van der Waals surface area (Å²) in [5, 5.41) is 3.69. The van der Waals surface area contributed by atoms with E-state index in [2.05, 4.69) is 38.4 Å². The molecule has 88 valence electrons. The standard InChI is InChI=1S/C13H13BrN2O/c1-15-13(17)12-6-9-10(14)4-8(7-2-3-7)5-11(9)16-12/h4-7,16H,2-3H2,1H3,(H,15,17). The zero-order chi connectivity index (χ0) is 12.0. The van der Waals surface area contributed by atoms with Crippen molar-refractivity contribution >= 4 is 32.7 Å². The predicted molar refractivity (Wildman–Crippen MR) is 71.4 cm³/mol. The normalized spacial score (nSPS) is 15.2. The molecule has 1 amide bonds. The molecule has 4 heteroatoms. The highest BCUT2D eigenvalue weighted by atomic mass is 79.9. The van der Waals surface area contributed by atoms with E-state index in [0.29, 0.717) is 11.6 Å². The van der Waals surface area contributed by atoms with Crippen LogP contribution in [0.15, 0.2) is 22.7 Å². The van der Waals surface area contributed by atoms with E-state index in [1.807, 2.05) is 6.07 Å². The lowest BCUT2D eigenvalue weighted by Crippen LogP contribution is -2.17. The largest absolute Gasteiger partial charge is 0.354 e. The van der Waals surface area contributed by atoms with Gasteiger partial charge in [-0.05, 0) is 42.5 Å². The lowest BCUT2D eigenvalue weighted by atomic mass is 10.1. The molecule has 17 heavy (non-hydrogen) atoms. The van der Waals surface area contributed by atoms with Gasteiger partial charge in [-0.3, -0.25) is 4.79 Å². The number of aromatic nitrogens is 1. The van der Waals surface area contributed by atoms with Gasteiger partial charge in [0.25, 0.3) is 5.91 Å². The first kappa shape index (κ1) is 10.8. The molecule has 0 unspecified atom stereocenters. The van der Waals surface area contributed by atoms with Crippen molar-refractivity contribution in [3.8, 4) is 0 Å². The number of hydrogen-bond acceptors (Lipinski definition) is 1. The van der Waals surface area contributed by atoms with Gasteiger partial charge < -0.3 is 10.3 Å². The molecule has 1 aliphatic carbocycles. The first-order valence-corrected chi connectivity index (χ1v) is 6.52. The van der Waals surface area contributed by atoms with Crippen LogP contribution in [0.2, 0.25) is 0 Å². The maximum absolute atomic E-state index is 11.6. The molecule has 0 radical (unpaired) electrons. The van der Waals surface area contributed by atoms with Crippen molar-refractivity contribution in [2.45, 2.75) is 18.8 Å². The molecule has 0 saturated heterocycles. The molecular weight excluding hydrogens is 280 g/mol. The van der Waals surface area contributed by atoms with Crippen LogP contribution in [-0.4, -0.2) is 17.9 Å². The Morgan fingerprint density at radius 2 is 2.18 bits per heavy atom. The van der Waals surface area contributed by atoms with Gasteiger partial charge in [-0.1, -0.05) is 15.9 Å². The van der Waals surface area contributed by atoms with E-state index in [4.69, 9.17) is 0 Å². The van der Waals surface area contributed by atoms with Crippen LogP contribution in [0, 0.1) is 0 Å².